The Balaban J connectivity index is 1.26. The predicted molar refractivity (Wildman–Crippen MR) is 203 cm³/mol. The first kappa shape index (κ1) is 35.4. The normalized spacial score (nSPS) is 23.9. The number of nitrogens with zero attached hydrogens (tertiary/aromatic N) is 6. The number of rotatable bonds is 8. The fourth-order valence-electron chi connectivity index (χ4n) is 8.47. The van der Waals surface area contributed by atoms with Crippen molar-refractivity contribution in [2.75, 3.05) is 44.5 Å². The number of anilines is 2. The van der Waals surface area contributed by atoms with E-state index < -0.39 is 5.82 Å². The lowest BCUT2D eigenvalue weighted by Crippen LogP contribution is -2.58. The van der Waals surface area contributed by atoms with Crippen molar-refractivity contribution in [2.24, 2.45) is 28.2 Å². The number of hydrogen-bond donors (Lipinski definition) is 2. The molecule has 0 radical (unpaired) electrons. The minimum atomic E-state index is -0.392. The van der Waals surface area contributed by atoms with Crippen LogP contribution in [-0.2, 0) is 17.8 Å². The molecule has 3 saturated carbocycles. The van der Waals surface area contributed by atoms with Crippen LogP contribution in [0.25, 0.3) is 22.3 Å². The number of ether oxygens (including phenoxy) is 1. The number of aromatic nitrogens is 3. The third-order valence-electron chi connectivity index (χ3n) is 11.7. The van der Waals surface area contributed by atoms with Gasteiger partial charge >= 0.3 is 0 Å². The van der Waals surface area contributed by atoms with Gasteiger partial charge in [-0.15, -0.1) is 0 Å². The summed E-state index contributed by atoms with van der Waals surface area (Å²) in [4.78, 5) is 45.8. The van der Waals surface area contributed by atoms with Gasteiger partial charge in [0.05, 0.1) is 30.6 Å². The van der Waals surface area contributed by atoms with Crippen LogP contribution in [0.5, 0.6) is 5.75 Å². The van der Waals surface area contributed by atoms with Crippen molar-refractivity contribution in [1.82, 2.24) is 24.8 Å². The molecule has 1 aliphatic heterocycles. The number of aliphatic imine (C=N–C) groups is 1. The first-order valence-corrected chi connectivity index (χ1v) is 18.2. The van der Waals surface area contributed by atoms with Gasteiger partial charge in [-0.3, -0.25) is 14.2 Å². The first-order valence-electron chi connectivity index (χ1n) is 18.2. The van der Waals surface area contributed by atoms with Crippen molar-refractivity contribution in [1.29, 1.82) is 0 Å². The number of piperazine rings is 1. The first-order chi connectivity index (χ1) is 24.8. The second kappa shape index (κ2) is 13.9. The molecule has 52 heavy (non-hydrogen) atoms. The Morgan fingerprint density at radius 2 is 1.92 bits per heavy atom. The van der Waals surface area contributed by atoms with Crippen molar-refractivity contribution in [2.45, 2.75) is 65.6 Å². The third-order valence-corrected chi connectivity index (χ3v) is 11.7. The molecule has 12 heteroatoms. The monoisotopic (exact) mass is 708 g/mol. The highest BCUT2D eigenvalue weighted by Gasteiger charge is 2.56. The fourth-order valence-corrected chi connectivity index (χ4v) is 8.47. The summed E-state index contributed by atoms with van der Waals surface area (Å²) < 4.78 is 21.7. The molecule has 2 bridgehead atoms. The van der Waals surface area contributed by atoms with E-state index in [9.17, 15) is 14.0 Å². The number of guanidine groups is 1. The highest BCUT2D eigenvalue weighted by Crippen LogP contribution is 2.61. The lowest BCUT2D eigenvalue weighted by atomic mass is 9.45. The molecule has 5 atom stereocenters. The van der Waals surface area contributed by atoms with E-state index >= 15 is 0 Å². The van der Waals surface area contributed by atoms with Crippen LogP contribution in [0.15, 0.2) is 64.5 Å². The van der Waals surface area contributed by atoms with E-state index in [1.54, 1.807) is 29.0 Å². The quantitative estimate of drug-likeness (QED) is 0.180. The predicted octanol–water partition coefficient (Wildman–Crippen LogP) is 5.57. The summed E-state index contributed by atoms with van der Waals surface area (Å²) in [6.45, 7) is 10.1. The Hall–Kier alpha value is -5.00. The van der Waals surface area contributed by atoms with Crippen LogP contribution in [0.4, 0.5) is 15.9 Å². The summed E-state index contributed by atoms with van der Waals surface area (Å²) in [6.07, 6.45) is 4.26. The number of nitrogens with one attached hydrogen (secondary N) is 2. The molecule has 4 aliphatic rings. The Bertz CT molecular complexity index is 2080. The SMILES string of the molecule is COc1ccc(CCn2c(-c3ccc(N(C)C)nc3)nc3cc(NC(=N[C@H]4C[C@@H]5C[C@H]([C@@H]4C)C5(C)C)N4CC(=O)N[C@@H](C)C4)ccc3c2=O)c(F)c1. The van der Waals surface area contributed by atoms with E-state index in [1.165, 1.54) is 19.6 Å². The number of amides is 1. The smallest absolute Gasteiger partial charge is 0.261 e. The molecule has 1 amide bonds. The van der Waals surface area contributed by atoms with Gasteiger partial charge in [0.15, 0.2) is 5.96 Å². The maximum absolute atomic E-state index is 14.9. The van der Waals surface area contributed by atoms with Gasteiger partial charge < -0.3 is 25.2 Å². The molecule has 2 N–H and O–H groups in total. The molecule has 0 unspecified atom stereocenters. The van der Waals surface area contributed by atoms with E-state index in [2.05, 4.69) is 36.4 Å². The van der Waals surface area contributed by atoms with Gasteiger partial charge in [-0.1, -0.05) is 26.8 Å². The summed E-state index contributed by atoms with van der Waals surface area (Å²) in [5.74, 6) is 3.56. The summed E-state index contributed by atoms with van der Waals surface area (Å²) in [5.41, 5.74) is 2.47. The van der Waals surface area contributed by atoms with E-state index in [0.717, 1.165) is 17.9 Å². The lowest BCUT2D eigenvalue weighted by molar-refractivity contribution is -0.124. The van der Waals surface area contributed by atoms with Gasteiger partial charge in [-0.25, -0.2) is 19.4 Å². The minimum absolute atomic E-state index is 0.0254. The van der Waals surface area contributed by atoms with Gasteiger partial charge in [0.25, 0.3) is 5.56 Å². The maximum atomic E-state index is 14.9. The van der Waals surface area contributed by atoms with Crippen LogP contribution in [0.2, 0.25) is 0 Å². The highest BCUT2D eigenvalue weighted by molar-refractivity contribution is 5.98. The number of benzene rings is 2. The van der Waals surface area contributed by atoms with Crippen LogP contribution in [0.1, 0.15) is 46.1 Å². The van der Waals surface area contributed by atoms with Crippen molar-refractivity contribution in [3.8, 4) is 17.1 Å². The van der Waals surface area contributed by atoms with Gasteiger partial charge in [-0.05, 0) is 91.3 Å². The Labute approximate surface area is 304 Å². The van der Waals surface area contributed by atoms with Crippen LogP contribution < -0.4 is 25.8 Å². The summed E-state index contributed by atoms with van der Waals surface area (Å²) in [5, 5.41) is 7.01. The van der Waals surface area contributed by atoms with Gasteiger partial charge in [0.2, 0.25) is 5.91 Å². The molecule has 274 valence electrons. The third kappa shape index (κ3) is 6.70. The minimum Gasteiger partial charge on any atom is -0.497 e. The molecule has 8 rings (SSSR count). The summed E-state index contributed by atoms with van der Waals surface area (Å²) >= 11 is 0. The van der Waals surface area contributed by atoms with Crippen LogP contribution in [0.3, 0.4) is 0 Å². The van der Waals surface area contributed by atoms with Gasteiger partial charge in [0, 0.05) is 56.7 Å². The van der Waals surface area contributed by atoms with Crippen molar-refractivity contribution >= 4 is 34.3 Å². The number of pyridine rings is 1. The van der Waals surface area contributed by atoms with Crippen LogP contribution >= 0.6 is 0 Å². The van der Waals surface area contributed by atoms with E-state index in [4.69, 9.17) is 14.7 Å². The molecule has 3 heterocycles. The second-order valence-corrected chi connectivity index (χ2v) is 15.6. The fraction of sp³-hybridized carbons (Fsp3) is 0.475. The molecule has 4 fully saturated rings. The number of hydrogen-bond acceptors (Lipinski definition) is 7. The van der Waals surface area contributed by atoms with Gasteiger partial charge in [0.1, 0.15) is 23.2 Å². The molecule has 1 saturated heterocycles. The number of halogens is 1. The Morgan fingerprint density at radius 1 is 1.12 bits per heavy atom. The van der Waals surface area contributed by atoms with E-state index in [0.29, 0.717) is 69.3 Å². The van der Waals surface area contributed by atoms with Gasteiger partial charge in [-0.2, -0.15) is 0 Å². The molecule has 4 aromatic rings. The Morgan fingerprint density at radius 3 is 2.58 bits per heavy atom. The zero-order valence-corrected chi connectivity index (χ0v) is 31.1. The topological polar surface area (TPSA) is 117 Å². The van der Waals surface area contributed by atoms with Crippen molar-refractivity contribution in [3.63, 3.8) is 0 Å². The lowest BCUT2D eigenvalue weighted by Gasteiger charge is -2.61. The van der Waals surface area contributed by atoms with Crippen LogP contribution in [-0.4, -0.2) is 77.7 Å². The van der Waals surface area contributed by atoms with E-state index in [-0.39, 0.29) is 43.1 Å². The zero-order valence-electron chi connectivity index (χ0n) is 31.1. The number of aryl methyl sites for hydroxylation is 1. The van der Waals surface area contributed by atoms with Crippen molar-refractivity contribution < 1.29 is 13.9 Å². The molecular formula is C40H49FN8O3. The van der Waals surface area contributed by atoms with E-state index in [1.807, 2.05) is 55.1 Å². The molecule has 3 aliphatic carbocycles. The zero-order chi connectivity index (χ0) is 36.9. The second-order valence-electron chi connectivity index (χ2n) is 15.6. The summed E-state index contributed by atoms with van der Waals surface area (Å²) in [7, 11) is 5.33. The molecule has 2 aromatic carbocycles. The average molecular weight is 709 g/mol. The molecule has 0 spiro atoms. The molecule has 11 nitrogen and oxygen atoms in total. The largest absolute Gasteiger partial charge is 0.497 e. The number of carbonyl (C=O) groups is 1. The number of carbonyl (C=O) groups excluding carboxylic acids is 1. The van der Waals surface area contributed by atoms with Crippen LogP contribution in [0, 0.1) is 29.0 Å². The highest BCUT2D eigenvalue weighted by atomic mass is 19.1. The maximum Gasteiger partial charge on any atom is 0.261 e. The summed E-state index contributed by atoms with van der Waals surface area (Å²) in [6, 6.07) is 14.1. The molecular weight excluding hydrogens is 659 g/mol. The average Bonchev–Trinajstić information content (AvgIpc) is 3.11. The Kier molecular flexibility index (Phi) is 9.43. The van der Waals surface area contributed by atoms with Crippen molar-refractivity contribution in [3.05, 3.63) is 76.5 Å². The standard InChI is InChI=1S/C40H49FN8O3/c1-23-21-48(22-36(50)43-23)39(46-33-17-27-16-31(24(33)2)40(27,3)4)44-28-10-12-30-34(18-28)45-37(26-9-13-35(42-20-26)47(5)6)49(38(30)51)15-14-25-8-11-29(52-7)19-32(25)41/h8-13,18-20,23-24,27,31,33H,14-17,21-22H2,1-7H3,(H,43,50)(H,44,46)/t23-,24-,27-,31+,33-/m0/s1. The number of fused-ring (bicyclic) bond motifs is 3. The molecule has 2 aromatic heterocycles. The number of methoxy groups -OCH3 is 1.